The molecule has 0 unspecified atom stereocenters. The molecule has 1 heterocycles. The van der Waals surface area contributed by atoms with Gasteiger partial charge in [0.2, 0.25) is 0 Å². The molecule has 2 heteroatoms. The molecule has 1 atom stereocenters. The van der Waals surface area contributed by atoms with Crippen LogP contribution in [0.3, 0.4) is 0 Å². The minimum Gasteiger partial charge on any atom is -0.372 e. The number of ether oxygens (including phenoxy) is 1. The Morgan fingerprint density at radius 3 is 2.83 bits per heavy atom. The van der Waals surface area contributed by atoms with Gasteiger partial charge in [-0.05, 0) is 41.8 Å². The summed E-state index contributed by atoms with van der Waals surface area (Å²) in [4.78, 5) is 0. The first kappa shape index (κ1) is 11.7. The zero-order valence-electron chi connectivity index (χ0n) is 10.6. The Morgan fingerprint density at radius 1 is 1.11 bits per heavy atom. The number of hydrogen-bond donors (Lipinski definition) is 1. The first-order chi connectivity index (χ1) is 8.92. The molecule has 1 N–H and O–H groups in total. The zero-order valence-corrected chi connectivity index (χ0v) is 10.6. The van der Waals surface area contributed by atoms with Crippen molar-refractivity contribution in [3.63, 3.8) is 0 Å². The monoisotopic (exact) mass is 241 g/mol. The second-order valence-electron chi connectivity index (χ2n) is 4.96. The molecule has 0 saturated carbocycles. The molecule has 1 aliphatic rings. The summed E-state index contributed by atoms with van der Waals surface area (Å²) in [6, 6.07) is 15.0. The number of benzene rings is 2. The van der Waals surface area contributed by atoms with Crippen molar-refractivity contribution in [2.45, 2.75) is 25.6 Å². The molecule has 1 aliphatic heterocycles. The largest absolute Gasteiger partial charge is 0.372 e. The van der Waals surface area contributed by atoms with Crippen molar-refractivity contribution < 1.29 is 4.74 Å². The van der Waals surface area contributed by atoms with Crippen molar-refractivity contribution in [2.75, 3.05) is 13.1 Å². The van der Waals surface area contributed by atoms with Gasteiger partial charge in [-0.25, -0.2) is 0 Å². The maximum Gasteiger partial charge on any atom is 0.0721 e. The van der Waals surface area contributed by atoms with Gasteiger partial charge in [0, 0.05) is 6.54 Å². The third kappa shape index (κ3) is 2.71. The molecule has 0 radical (unpaired) electrons. The van der Waals surface area contributed by atoms with Crippen LogP contribution in [-0.4, -0.2) is 19.2 Å². The van der Waals surface area contributed by atoms with E-state index in [9.17, 15) is 0 Å². The van der Waals surface area contributed by atoms with Crippen LogP contribution >= 0.6 is 0 Å². The van der Waals surface area contributed by atoms with E-state index in [0.29, 0.717) is 6.10 Å². The molecular formula is C16H19NO. The molecule has 18 heavy (non-hydrogen) atoms. The highest BCUT2D eigenvalue weighted by Crippen LogP contribution is 2.17. The highest BCUT2D eigenvalue weighted by atomic mass is 16.5. The SMILES string of the molecule is c1ccc2cc(CO[C@H]3CCCNC3)ccc2c1. The second-order valence-corrected chi connectivity index (χ2v) is 4.96. The summed E-state index contributed by atoms with van der Waals surface area (Å²) in [7, 11) is 0. The van der Waals surface area contributed by atoms with Gasteiger partial charge in [-0.2, -0.15) is 0 Å². The summed E-state index contributed by atoms with van der Waals surface area (Å²) < 4.78 is 5.96. The predicted octanol–water partition coefficient (Wildman–Crippen LogP) is 3.11. The van der Waals surface area contributed by atoms with E-state index in [4.69, 9.17) is 4.74 Å². The molecule has 94 valence electrons. The topological polar surface area (TPSA) is 21.3 Å². The Kier molecular flexibility index (Phi) is 3.58. The van der Waals surface area contributed by atoms with Gasteiger partial charge in [0.15, 0.2) is 0 Å². The Hall–Kier alpha value is -1.38. The number of piperidine rings is 1. The Labute approximate surface area is 108 Å². The van der Waals surface area contributed by atoms with Gasteiger partial charge in [-0.15, -0.1) is 0 Å². The van der Waals surface area contributed by atoms with E-state index in [2.05, 4.69) is 47.8 Å². The van der Waals surface area contributed by atoms with Gasteiger partial charge < -0.3 is 10.1 Å². The lowest BCUT2D eigenvalue weighted by Crippen LogP contribution is -2.35. The van der Waals surface area contributed by atoms with Crippen molar-refractivity contribution in [3.8, 4) is 0 Å². The average molecular weight is 241 g/mol. The van der Waals surface area contributed by atoms with E-state index in [1.807, 2.05) is 0 Å². The average Bonchev–Trinajstić information content (AvgIpc) is 2.46. The molecule has 2 nitrogen and oxygen atoms in total. The lowest BCUT2D eigenvalue weighted by molar-refractivity contribution is 0.0253. The van der Waals surface area contributed by atoms with Gasteiger partial charge in [0.05, 0.1) is 12.7 Å². The van der Waals surface area contributed by atoms with Crippen molar-refractivity contribution in [3.05, 3.63) is 48.0 Å². The highest BCUT2D eigenvalue weighted by molar-refractivity contribution is 5.82. The quantitative estimate of drug-likeness (QED) is 0.891. The standard InChI is InChI=1S/C16H19NO/c1-2-5-15-10-13(7-8-14(15)4-1)12-18-16-6-3-9-17-11-16/h1-2,4-5,7-8,10,16-17H,3,6,9,11-12H2/t16-/m0/s1. The normalized spacial score (nSPS) is 20.1. The molecule has 3 rings (SSSR count). The molecule has 0 aromatic heterocycles. The number of hydrogen-bond acceptors (Lipinski definition) is 2. The van der Waals surface area contributed by atoms with Crippen molar-refractivity contribution in [1.29, 1.82) is 0 Å². The minimum absolute atomic E-state index is 0.380. The summed E-state index contributed by atoms with van der Waals surface area (Å²) in [5, 5.41) is 5.96. The summed E-state index contributed by atoms with van der Waals surface area (Å²) in [5.74, 6) is 0. The zero-order chi connectivity index (χ0) is 12.2. The fourth-order valence-electron chi connectivity index (χ4n) is 2.50. The molecule has 1 saturated heterocycles. The van der Waals surface area contributed by atoms with Crippen molar-refractivity contribution in [2.24, 2.45) is 0 Å². The van der Waals surface area contributed by atoms with E-state index >= 15 is 0 Å². The van der Waals surface area contributed by atoms with Crippen LogP contribution in [0, 0.1) is 0 Å². The van der Waals surface area contributed by atoms with E-state index in [-0.39, 0.29) is 0 Å². The van der Waals surface area contributed by atoms with Crippen molar-refractivity contribution in [1.82, 2.24) is 5.32 Å². The maximum atomic E-state index is 5.96. The number of fused-ring (bicyclic) bond motifs is 1. The van der Waals surface area contributed by atoms with Gasteiger partial charge in [0.1, 0.15) is 0 Å². The molecule has 2 aromatic rings. The summed E-state index contributed by atoms with van der Waals surface area (Å²) >= 11 is 0. The first-order valence-corrected chi connectivity index (χ1v) is 6.72. The van der Waals surface area contributed by atoms with Crippen LogP contribution in [0.1, 0.15) is 18.4 Å². The third-order valence-corrected chi connectivity index (χ3v) is 3.55. The van der Waals surface area contributed by atoms with Crippen LogP contribution < -0.4 is 5.32 Å². The lowest BCUT2D eigenvalue weighted by Gasteiger charge is -2.23. The van der Waals surface area contributed by atoms with Crippen LogP contribution in [0.4, 0.5) is 0 Å². The molecule has 0 bridgehead atoms. The Bertz CT molecular complexity index is 517. The predicted molar refractivity (Wildman–Crippen MR) is 74.6 cm³/mol. The van der Waals surface area contributed by atoms with Crippen LogP contribution in [0.2, 0.25) is 0 Å². The molecular weight excluding hydrogens is 222 g/mol. The number of rotatable bonds is 3. The van der Waals surface area contributed by atoms with Crippen LogP contribution in [0.5, 0.6) is 0 Å². The van der Waals surface area contributed by atoms with Gasteiger partial charge in [-0.3, -0.25) is 0 Å². The summed E-state index contributed by atoms with van der Waals surface area (Å²) in [6.07, 6.45) is 2.79. The minimum atomic E-state index is 0.380. The van der Waals surface area contributed by atoms with Gasteiger partial charge in [0.25, 0.3) is 0 Å². The van der Waals surface area contributed by atoms with Crippen LogP contribution in [0.25, 0.3) is 10.8 Å². The van der Waals surface area contributed by atoms with Gasteiger partial charge in [-0.1, -0.05) is 36.4 Å². The summed E-state index contributed by atoms with van der Waals surface area (Å²) in [5.41, 5.74) is 1.26. The van der Waals surface area contributed by atoms with Crippen molar-refractivity contribution >= 4 is 10.8 Å². The lowest BCUT2D eigenvalue weighted by atomic mass is 10.1. The molecule has 1 fully saturated rings. The molecule has 0 amide bonds. The second kappa shape index (κ2) is 5.51. The molecule has 0 aliphatic carbocycles. The molecule has 0 spiro atoms. The van der Waals surface area contributed by atoms with E-state index < -0.39 is 0 Å². The van der Waals surface area contributed by atoms with Crippen LogP contribution in [0.15, 0.2) is 42.5 Å². The number of nitrogens with one attached hydrogen (secondary N) is 1. The van der Waals surface area contributed by atoms with E-state index in [1.165, 1.54) is 29.2 Å². The van der Waals surface area contributed by atoms with E-state index in [0.717, 1.165) is 19.7 Å². The Balaban J connectivity index is 1.66. The highest BCUT2D eigenvalue weighted by Gasteiger charge is 2.12. The summed E-state index contributed by atoms with van der Waals surface area (Å²) in [6.45, 7) is 2.85. The third-order valence-electron chi connectivity index (χ3n) is 3.55. The maximum absolute atomic E-state index is 5.96. The van der Waals surface area contributed by atoms with Crippen LogP contribution in [-0.2, 0) is 11.3 Å². The van der Waals surface area contributed by atoms with Gasteiger partial charge >= 0.3 is 0 Å². The van der Waals surface area contributed by atoms with E-state index in [1.54, 1.807) is 0 Å². The first-order valence-electron chi connectivity index (χ1n) is 6.72. The fourth-order valence-corrected chi connectivity index (χ4v) is 2.50. The fraction of sp³-hybridized carbons (Fsp3) is 0.375. The Morgan fingerprint density at radius 2 is 2.00 bits per heavy atom. The smallest absolute Gasteiger partial charge is 0.0721 e. The molecule has 2 aromatic carbocycles.